The molecule has 2 N–H and O–H groups in total. The summed E-state index contributed by atoms with van der Waals surface area (Å²) in [4.78, 5) is 2.06. The van der Waals surface area contributed by atoms with Crippen molar-refractivity contribution >= 4 is 5.69 Å². The predicted octanol–water partition coefficient (Wildman–Crippen LogP) is 2.95. The molecule has 0 aliphatic carbocycles. The lowest BCUT2D eigenvalue weighted by Crippen LogP contribution is -2.32. The van der Waals surface area contributed by atoms with Crippen molar-refractivity contribution in [3.63, 3.8) is 0 Å². The molecule has 0 saturated heterocycles. The van der Waals surface area contributed by atoms with E-state index in [9.17, 15) is 5.11 Å². The van der Waals surface area contributed by atoms with Crippen molar-refractivity contribution in [3.8, 4) is 0 Å². The Morgan fingerprint density at radius 3 is 2.32 bits per heavy atom. The van der Waals surface area contributed by atoms with Crippen LogP contribution in [-0.4, -0.2) is 31.8 Å². The number of nitrogens with one attached hydrogen (secondary N) is 1. The van der Waals surface area contributed by atoms with Crippen LogP contribution in [0.25, 0.3) is 0 Å². The SMILES string of the molecule is CCCCCNC(C)C(O)c1ccc(N(C)C)cc1. The van der Waals surface area contributed by atoms with E-state index in [1.807, 2.05) is 45.3 Å². The van der Waals surface area contributed by atoms with Gasteiger partial charge in [0.2, 0.25) is 0 Å². The molecule has 0 spiro atoms. The molecule has 0 saturated carbocycles. The number of hydrogen-bond acceptors (Lipinski definition) is 3. The van der Waals surface area contributed by atoms with Crippen molar-refractivity contribution in [1.82, 2.24) is 5.32 Å². The Labute approximate surface area is 117 Å². The monoisotopic (exact) mass is 264 g/mol. The number of aliphatic hydroxyl groups excluding tert-OH is 1. The quantitative estimate of drug-likeness (QED) is 0.709. The summed E-state index contributed by atoms with van der Waals surface area (Å²) in [5.41, 5.74) is 2.13. The van der Waals surface area contributed by atoms with Crippen LogP contribution < -0.4 is 10.2 Å². The van der Waals surface area contributed by atoms with Gasteiger partial charge in [0.1, 0.15) is 0 Å². The number of rotatable bonds is 8. The van der Waals surface area contributed by atoms with Gasteiger partial charge in [-0.2, -0.15) is 0 Å². The summed E-state index contributed by atoms with van der Waals surface area (Å²) in [6.45, 7) is 5.21. The van der Waals surface area contributed by atoms with Crippen molar-refractivity contribution in [3.05, 3.63) is 29.8 Å². The number of benzene rings is 1. The minimum Gasteiger partial charge on any atom is -0.387 e. The van der Waals surface area contributed by atoms with E-state index in [0.29, 0.717) is 0 Å². The van der Waals surface area contributed by atoms with Crippen molar-refractivity contribution < 1.29 is 5.11 Å². The van der Waals surface area contributed by atoms with Crippen LogP contribution in [0.15, 0.2) is 24.3 Å². The van der Waals surface area contributed by atoms with Gasteiger partial charge in [0, 0.05) is 25.8 Å². The molecule has 2 atom stereocenters. The Hall–Kier alpha value is -1.06. The van der Waals surface area contributed by atoms with E-state index in [-0.39, 0.29) is 6.04 Å². The minimum absolute atomic E-state index is 0.0852. The summed E-state index contributed by atoms with van der Waals surface area (Å²) in [6.07, 6.45) is 3.20. The van der Waals surface area contributed by atoms with Gasteiger partial charge in [-0.3, -0.25) is 0 Å². The first-order valence-corrected chi connectivity index (χ1v) is 7.25. The van der Waals surface area contributed by atoms with Gasteiger partial charge < -0.3 is 15.3 Å². The third-order valence-electron chi connectivity index (χ3n) is 3.47. The van der Waals surface area contributed by atoms with Crippen molar-refractivity contribution in [2.45, 2.75) is 45.3 Å². The lowest BCUT2D eigenvalue weighted by molar-refractivity contribution is 0.136. The Balaban J connectivity index is 2.49. The van der Waals surface area contributed by atoms with E-state index in [0.717, 1.165) is 17.8 Å². The fourth-order valence-electron chi connectivity index (χ4n) is 2.07. The Morgan fingerprint density at radius 2 is 1.79 bits per heavy atom. The maximum atomic E-state index is 10.3. The van der Waals surface area contributed by atoms with Gasteiger partial charge in [-0.25, -0.2) is 0 Å². The lowest BCUT2D eigenvalue weighted by Gasteiger charge is -2.21. The number of anilines is 1. The molecule has 1 rings (SSSR count). The number of hydrogen-bond donors (Lipinski definition) is 2. The van der Waals surface area contributed by atoms with E-state index < -0.39 is 6.10 Å². The van der Waals surface area contributed by atoms with Crippen LogP contribution in [0.2, 0.25) is 0 Å². The van der Waals surface area contributed by atoms with Gasteiger partial charge in [0.25, 0.3) is 0 Å². The fourth-order valence-corrected chi connectivity index (χ4v) is 2.07. The largest absolute Gasteiger partial charge is 0.387 e. The van der Waals surface area contributed by atoms with Crippen LogP contribution in [0.3, 0.4) is 0 Å². The third-order valence-corrected chi connectivity index (χ3v) is 3.47. The molecular weight excluding hydrogens is 236 g/mol. The molecule has 0 fully saturated rings. The second-order valence-corrected chi connectivity index (χ2v) is 5.38. The number of nitrogens with zero attached hydrogens (tertiary/aromatic N) is 1. The molecule has 1 aromatic rings. The van der Waals surface area contributed by atoms with E-state index >= 15 is 0 Å². The van der Waals surface area contributed by atoms with Crippen LogP contribution in [0.1, 0.15) is 44.8 Å². The van der Waals surface area contributed by atoms with E-state index in [1.54, 1.807) is 0 Å². The van der Waals surface area contributed by atoms with Crippen LogP contribution in [0, 0.1) is 0 Å². The van der Waals surface area contributed by atoms with Gasteiger partial charge in [-0.15, -0.1) is 0 Å². The predicted molar refractivity (Wildman–Crippen MR) is 82.7 cm³/mol. The van der Waals surface area contributed by atoms with E-state index in [4.69, 9.17) is 0 Å². The molecule has 2 unspecified atom stereocenters. The van der Waals surface area contributed by atoms with E-state index in [2.05, 4.69) is 17.1 Å². The topological polar surface area (TPSA) is 35.5 Å². The van der Waals surface area contributed by atoms with Gasteiger partial charge >= 0.3 is 0 Å². The highest BCUT2D eigenvalue weighted by molar-refractivity contribution is 5.46. The lowest BCUT2D eigenvalue weighted by atomic mass is 10.0. The van der Waals surface area contributed by atoms with Crippen molar-refractivity contribution in [1.29, 1.82) is 0 Å². The molecule has 3 nitrogen and oxygen atoms in total. The fraction of sp³-hybridized carbons (Fsp3) is 0.625. The second kappa shape index (κ2) is 8.18. The van der Waals surface area contributed by atoms with Crippen LogP contribution in [0.5, 0.6) is 0 Å². The van der Waals surface area contributed by atoms with Gasteiger partial charge in [-0.05, 0) is 37.6 Å². The summed E-state index contributed by atoms with van der Waals surface area (Å²) in [7, 11) is 4.03. The second-order valence-electron chi connectivity index (χ2n) is 5.38. The molecule has 0 aliphatic heterocycles. The van der Waals surface area contributed by atoms with Crippen LogP contribution in [-0.2, 0) is 0 Å². The molecule has 108 valence electrons. The summed E-state index contributed by atoms with van der Waals surface area (Å²) in [6, 6.07) is 8.18. The number of unbranched alkanes of at least 4 members (excludes halogenated alkanes) is 2. The minimum atomic E-state index is -0.446. The Kier molecular flexibility index (Phi) is 6.89. The highest BCUT2D eigenvalue weighted by Crippen LogP contribution is 2.20. The van der Waals surface area contributed by atoms with Gasteiger partial charge in [0.05, 0.1) is 6.10 Å². The highest BCUT2D eigenvalue weighted by Gasteiger charge is 2.15. The maximum absolute atomic E-state index is 10.3. The average molecular weight is 264 g/mol. The molecule has 0 heterocycles. The normalized spacial score (nSPS) is 14.2. The first-order valence-electron chi connectivity index (χ1n) is 7.25. The standard InChI is InChI=1S/C16H28N2O/c1-5-6-7-12-17-13(2)16(19)14-8-10-15(11-9-14)18(3)4/h8-11,13,16-17,19H,5-7,12H2,1-4H3. The average Bonchev–Trinajstić information content (AvgIpc) is 2.42. The number of aliphatic hydroxyl groups is 1. The van der Waals surface area contributed by atoms with Crippen molar-refractivity contribution in [2.75, 3.05) is 25.5 Å². The zero-order chi connectivity index (χ0) is 14.3. The summed E-state index contributed by atoms with van der Waals surface area (Å²) >= 11 is 0. The molecule has 1 aromatic carbocycles. The van der Waals surface area contributed by atoms with Gasteiger partial charge in [-0.1, -0.05) is 31.9 Å². The first-order chi connectivity index (χ1) is 9.06. The molecule has 0 aromatic heterocycles. The van der Waals surface area contributed by atoms with E-state index in [1.165, 1.54) is 19.3 Å². The Morgan fingerprint density at radius 1 is 1.16 bits per heavy atom. The molecular formula is C16H28N2O. The zero-order valence-electron chi connectivity index (χ0n) is 12.7. The summed E-state index contributed by atoms with van der Waals surface area (Å²) in [5, 5.41) is 13.7. The molecule has 0 bridgehead atoms. The van der Waals surface area contributed by atoms with Crippen molar-refractivity contribution in [2.24, 2.45) is 0 Å². The van der Waals surface area contributed by atoms with Gasteiger partial charge in [0.15, 0.2) is 0 Å². The van der Waals surface area contributed by atoms with Crippen LogP contribution >= 0.6 is 0 Å². The summed E-state index contributed by atoms with van der Waals surface area (Å²) in [5.74, 6) is 0. The zero-order valence-corrected chi connectivity index (χ0v) is 12.7. The molecule has 3 heteroatoms. The third kappa shape index (κ3) is 5.21. The smallest absolute Gasteiger partial charge is 0.0940 e. The first kappa shape index (κ1) is 16.0. The summed E-state index contributed by atoms with van der Waals surface area (Å²) < 4.78 is 0. The molecule has 0 amide bonds. The maximum Gasteiger partial charge on any atom is 0.0940 e. The molecule has 19 heavy (non-hydrogen) atoms. The highest BCUT2D eigenvalue weighted by atomic mass is 16.3. The Bertz CT molecular complexity index is 348. The molecule has 0 aliphatic rings. The molecule has 0 radical (unpaired) electrons. The van der Waals surface area contributed by atoms with Crippen LogP contribution in [0.4, 0.5) is 5.69 Å².